The molecule has 0 heterocycles. The average Bonchev–Trinajstić information content (AvgIpc) is 2.38. The normalized spacial score (nSPS) is 24.1. The lowest BCUT2D eigenvalue weighted by molar-refractivity contribution is 0.0312. The van der Waals surface area contributed by atoms with E-state index in [1.54, 1.807) is 0 Å². The minimum absolute atomic E-state index is 0.0149. The highest BCUT2D eigenvalue weighted by Gasteiger charge is 2.42. The summed E-state index contributed by atoms with van der Waals surface area (Å²) in [6.45, 7) is 5.79. The van der Waals surface area contributed by atoms with Crippen LogP contribution in [0.3, 0.4) is 0 Å². The lowest BCUT2D eigenvalue weighted by Gasteiger charge is -2.46. The van der Waals surface area contributed by atoms with Gasteiger partial charge in [0.2, 0.25) is 0 Å². The number of carbonyl (C=O) groups is 1. The summed E-state index contributed by atoms with van der Waals surface area (Å²) in [6, 6.07) is 0. The molecule has 0 aromatic heterocycles. The smallest absolute Gasteiger partial charge is 0.408 e. The molecule has 20 heavy (non-hydrogen) atoms. The van der Waals surface area contributed by atoms with Crippen LogP contribution in [0.5, 0.6) is 0 Å². The Labute approximate surface area is 123 Å². The van der Waals surface area contributed by atoms with Crippen molar-refractivity contribution >= 4 is 6.09 Å². The third-order valence-corrected chi connectivity index (χ3v) is 4.88. The molecule has 2 aliphatic carbocycles. The Kier molecular flexibility index (Phi) is 4.98. The molecule has 2 fully saturated rings. The van der Waals surface area contributed by atoms with Gasteiger partial charge < -0.3 is 10.1 Å². The summed E-state index contributed by atoms with van der Waals surface area (Å²) >= 11 is 0. The van der Waals surface area contributed by atoms with E-state index in [0.717, 1.165) is 12.8 Å². The van der Waals surface area contributed by atoms with Gasteiger partial charge in [0.1, 0.15) is 5.60 Å². The van der Waals surface area contributed by atoms with Crippen LogP contribution in [0.1, 0.15) is 85.0 Å². The van der Waals surface area contributed by atoms with Crippen LogP contribution < -0.4 is 5.32 Å². The summed E-state index contributed by atoms with van der Waals surface area (Å²) < 4.78 is 5.51. The largest absolute Gasteiger partial charge is 0.444 e. The van der Waals surface area contributed by atoms with Gasteiger partial charge in [-0.15, -0.1) is 0 Å². The molecule has 0 atom stereocenters. The van der Waals surface area contributed by atoms with Crippen molar-refractivity contribution in [2.24, 2.45) is 5.92 Å². The number of hydrogen-bond acceptors (Lipinski definition) is 2. The van der Waals surface area contributed by atoms with E-state index in [2.05, 4.69) is 5.32 Å². The Balaban J connectivity index is 2.04. The maximum absolute atomic E-state index is 12.2. The minimum atomic E-state index is -0.410. The van der Waals surface area contributed by atoms with Crippen molar-refractivity contribution in [1.29, 1.82) is 0 Å². The van der Waals surface area contributed by atoms with Crippen LogP contribution in [0.4, 0.5) is 4.79 Å². The third-order valence-electron chi connectivity index (χ3n) is 4.88. The number of ether oxygens (including phenoxy) is 1. The fraction of sp³-hybridized carbons (Fsp3) is 0.941. The van der Waals surface area contributed by atoms with Gasteiger partial charge in [-0.05, 0) is 52.4 Å². The van der Waals surface area contributed by atoms with Crippen LogP contribution in [-0.4, -0.2) is 17.2 Å². The van der Waals surface area contributed by atoms with E-state index < -0.39 is 5.60 Å². The zero-order valence-corrected chi connectivity index (χ0v) is 13.5. The first-order valence-electron chi connectivity index (χ1n) is 8.42. The van der Waals surface area contributed by atoms with E-state index in [1.807, 2.05) is 20.8 Å². The summed E-state index contributed by atoms with van der Waals surface area (Å²) in [5.74, 6) is 0.657. The molecule has 2 saturated carbocycles. The fourth-order valence-electron chi connectivity index (χ4n) is 3.98. The molecule has 0 unspecified atom stereocenters. The van der Waals surface area contributed by atoms with Gasteiger partial charge in [-0.2, -0.15) is 0 Å². The second-order valence-electron chi connectivity index (χ2n) is 7.68. The molecule has 0 spiro atoms. The van der Waals surface area contributed by atoms with Crippen LogP contribution in [-0.2, 0) is 4.74 Å². The molecule has 116 valence electrons. The number of hydrogen-bond donors (Lipinski definition) is 1. The van der Waals surface area contributed by atoms with Crippen molar-refractivity contribution in [3.8, 4) is 0 Å². The van der Waals surface area contributed by atoms with Gasteiger partial charge >= 0.3 is 6.09 Å². The van der Waals surface area contributed by atoms with Gasteiger partial charge in [-0.1, -0.05) is 38.5 Å². The highest BCUT2D eigenvalue weighted by Crippen LogP contribution is 2.41. The zero-order chi connectivity index (χ0) is 14.6. The molecule has 0 aromatic rings. The Bertz CT molecular complexity index is 320. The Morgan fingerprint density at radius 3 is 2.10 bits per heavy atom. The van der Waals surface area contributed by atoms with E-state index in [4.69, 9.17) is 4.74 Å². The first kappa shape index (κ1) is 15.7. The molecular formula is C17H31NO2. The van der Waals surface area contributed by atoms with Crippen LogP contribution in [0.15, 0.2) is 0 Å². The second-order valence-corrected chi connectivity index (χ2v) is 7.68. The Morgan fingerprint density at radius 2 is 1.55 bits per heavy atom. The van der Waals surface area contributed by atoms with Crippen LogP contribution in [0.25, 0.3) is 0 Å². The van der Waals surface area contributed by atoms with E-state index in [1.165, 1.54) is 51.4 Å². The van der Waals surface area contributed by atoms with Gasteiger partial charge in [0.15, 0.2) is 0 Å². The van der Waals surface area contributed by atoms with Gasteiger partial charge in [0.25, 0.3) is 0 Å². The summed E-state index contributed by atoms with van der Waals surface area (Å²) in [5.41, 5.74) is -0.395. The Morgan fingerprint density at radius 1 is 1.00 bits per heavy atom. The maximum atomic E-state index is 12.2. The quantitative estimate of drug-likeness (QED) is 0.790. The van der Waals surface area contributed by atoms with Crippen molar-refractivity contribution in [3.05, 3.63) is 0 Å². The molecule has 0 aromatic carbocycles. The summed E-state index contributed by atoms with van der Waals surface area (Å²) in [6.07, 6.45) is 12.4. The third kappa shape index (κ3) is 4.13. The highest BCUT2D eigenvalue weighted by molar-refractivity contribution is 5.69. The van der Waals surface area contributed by atoms with E-state index in [-0.39, 0.29) is 11.6 Å². The van der Waals surface area contributed by atoms with Crippen molar-refractivity contribution in [2.75, 3.05) is 0 Å². The van der Waals surface area contributed by atoms with Crippen LogP contribution >= 0.6 is 0 Å². The van der Waals surface area contributed by atoms with E-state index in [9.17, 15) is 4.79 Å². The van der Waals surface area contributed by atoms with E-state index >= 15 is 0 Å². The van der Waals surface area contributed by atoms with E-state index in [0.29, 0.717) is 5.92 Å². The molecule has 0 radical (unpaired) electrons. The molecule has 2 aliphatic rings. The number of nitrogens with one attached hydrogen (secondary N) is 1. The summed E-state index contributed by atoms with van der Waals surface area (Å²) in [4.78, 5) is 12.2. The molecule has 1 amide bonds. The first-order chi connectivity index (χ1) is 9.41. The van der Waals surface area contributed by atoms with Gasteiger partial charge in [0, 0.05) is 5.54 Å². The molecular weight excluding hydrogens is 250 g/mol. The molecule has 0 bridgehead atoms. The molecule has 3 nitrogen and oxygen atoms in total. The standard InChI is InChI=1S/C17H31NO2/c1-16(2,3)20-15(19)18-17(12-8-5-9-13-17)14-10-6-4-7-11-14/h14H,4-13H2,1-3H3,(H,18,19). The number of amides is 1. The van der Waals surface area contributed by atoms with Crippen molar-refractivity contribution in [1.82, 2.24) is 5.32 Å². The minimum Gasteiger partial charge on any atom is -0.444 e. The lowest BCUT2D eigenvalue weighted by Crippen LogP contribution is -2.56. The van der Waals surface area contributed by atoms with Gasteiger partial charge in [-0.25, -0.2) is 4.79 Å². The molecule has 0 saturated heterocycles. The summed E-state index contributed by atoms with van der Waals surface area (Å²) in [7, 11) is 0. The molecule has 0 aliphatic heterocycles. The number of carbonyl (C=O) groups excluding carboxylic acids is 1. The SMILES string of the molecule is CC(C)(C)OC(=O)NC1(C2CCCCC2)CCCCC1. The van der Waals surface area contributed by atoms with Crippen LogP contribution in [0, 0.1) is 5.92 Å². The first-order valence-corrected chi connectivity index (χ1v) is 8.42. The van der Waals surface area contributed by atoms with Crippen molar-refractivity contribution < 1.29 is 9.53 Å². The van der Waals surface area contributed by atoms with Gasteiger partial charge in [-0.3, -0.25) is 0 Å². The number of alkyl carbamates (subject to hydrolysis) is 1. The monoisotopic (exact) mass is 281 g/mol. The maximum Gasteiger partial charge on any atom is 0.408 e. The van der Waals surface area contributed by atoms with Crippen molar-refractivity contribution in [3.63, 3.8) is 0 Å². The second kappa shape index (κ2) is 6.36. The molecule has 2 rings (SSSR count). The van der Waals surface area contributed by atoms with Crippen LogP contribution in [0.2, 0.25) is 0 Å². The topological polar surface area (TPSA) is 38.3 Å². The highest BCUT2D eigenvalue weighted by atomic mass is 16.6. The molecule has 3 heteroatoms. The lowest BCUT2D eigenvalue weighted by atomic mass is 9.67. The Hall–Kier alpha value is -0.730. The van der Waals surface area contributed by atoms with Gasteiger partial charge in [0.05, 0.1) is 0 Å². The van der Waals surface area contributed by atoms with Crippen molar-refractivity contribution in [2.45, 2.75) is 96.1 Å². The summed E-state index contributed by atoms with van der Waals surface area (Å²) in [5, 5.41) is 3.30. The zero-order valence-electron chi connectivity index (χ0n) is 13.5. The predicted octanol–water partition coefficient (Wildman–Crippen LogP) is 4.79. The predicted molar refractivity (Wildman–Crippen MR) is 81.8 cm³/mol. The number of rotatable bonds is 2. The fourth-order valence-corrected chi connectivity index (χ4v) is 3.98. The molecule has 1 N–H and O–H groups in total. The average molecular weight is 281 g/mol.